The fourth-order valence-electron chi connectivity index (χ4n) is 0.323. The SMILES string of the molecule is CCOS(=O)(=O)OCC.[PbH2]. The number of hydrogen-bond donors (Lipinski definition) is 0. The van der Waals surface area contributed by atoms with Gasteiger partial charge in [0.05, 0.1) is 13.2 Å². The average Bonchev–Trinajstić information content (AvgIpc) is 1.64. The minimum absolute atomic E-state index is 0. The summed E-state index contributed by atoms with van der Waals surface area (Å²) in [7, 11) is -3.68. The molecule has 62 valence electrons. The van der Waals surface area contributed by atoms with Crippen LogP contribution < -0.4 is 0 Å². The van der Waals surface area contributed by atoms with Crippen molar-refractivity contribution in [3.05, 3.63) is 0 Å². The monoisotopic (exact) mass is 364 g/mol. The predicted octanol–water partition coefficient (Wildman–Crippen LogP) is -0.612. The maximum atomic E-state index is 10.4. The van der Waals surface area contributed by atoms with Gasteiger partial charge in [0.15, 0.2) is 0 Å². The molecule has 0 aromatic heterocycles. The summed E-state index contributed by atoms with van der Waals surface area (Å²) in [6.07, 6.45) is 0. The molecule has 0 aromatic rings. The van der Waals surface area contributed by atoms with Gasteiger partial charge >= 0.3 is 37.7 Å². The second-order valence-corrected chi connectivity index (χ2v) is 2.51. The van der Waals surface area contributed by atoms with Gasteiger partial charge in [0.2, 0.25) is 0 Å². The molecule has 10 heavy (non-hydrogen) atoms. The van der Waals surface area contributed by atoms with Crippen LogP contribution in [0.4, 0.5) is 0 Å². The maximum absolute atomic E-state index is 10.4. The van der Waals surface area contributed by atoms with Gasteiger partial charge in [-0.2, -0.15) is 8.42 Å². The Labute approximate surface area is 81.4 Å². The quantitative estimate of drug-likeness (QED) is 0.626. The van der Waals surface area contributed by atoms with Gasteiger partial charge < -0.3 is 0 Å². The summed E-state index contributed by atoms with van der Waals surface area (Å²) in [6.45, 7) is 3.39. The second kappa shape index (κ2) is 6.50. The van der Waals surface area contributed by atoms with E-state index in [-0.39, 0.29) is 40.5 Å². The molecule has 0 saturated heterocycles. The van der Waals surface area contributed by atoms with E-state index in [1.54, 1.807) is 13.8 Å². The van der Waals surface area contributed by atoms with E-state index in [0.29, 0.717) is 0 Å². The zero-order chi connectivity index (χ0) is 7.33. The summed E-state index contributed by atoms with van der Waals surface area (Å²) < 4.78 is 29.2. The van der Waals surface area contributed by atoms with Crippen molar-refractivity contribution >= 4 is 37.7 Å². The fourth-order valence-corrected chi connectivity index (χ4v) is 0.968. The summed E-state index contributed by atoms with van der Waals surface area (Å²) in [4.78, 5) is 0. The van der Waals surface area contributed by atoms with Crippen molar-refractivity contribution in [2.45, 2.75) is 13.8 Å². The van der Waals surface area contributed by atoms with Crippen LogP contribution in [-0.4, -0.2) is 48.9 Å². The molecule has 0 aliphatic heterocycles. The Bertz CT molecular complexity index is 141. The van der Waals surface area contributed by atoms with Gasteiger partial charge in [0.25, 0.3) is 0 Å². The molecule has 4 nitrogen and oxygen atoms in total. The first kappa shape index (κ1) is 13.4. The van der Waals surface area contributed by atoms with Crippen LogP contribution in [-0.2, 0) is 18.8 Å². The summed E-state index contributed by atoms with van der Waals surface area (Å²) in [5.74, 6) is 0. The predicted molar refractivity (Wildman–Crippen MR) is 40.7 cm³/mol. The van der Waals surface area contributed by atoms with E-state index in [2.05, 4.69) is 8.37 Å². The van der Waals surface area contributed by atoms with Crippen LogP contribution in [0.5, 0.6) is 0 Å². The molecule has 0 aromatic carbocycles. The van der Waals surface area contributed by atoms with E-state index in [0.717, 1.165) is 0 Å². The van der Waals surface area contributed by atoms with Crippen LogP contribution in [0.15, 0.2) is 0 Å². The first-order chi connectivity index (χ1) is 4.12. The van der Waals surface area contributed by atoms with E-state index >= 15 is 0 Å². The molecule has 0 N–H and O–H groups in total. The zero-order valence-electron chi connectivity index (χ0n) is 6.16. The normalized spacial score (nSPS) is 10.6. The van der Waals surface area contributed by atoms with E-state index in [1.807, 2.05) is 0 Å². The third-order valence-electron chi connectivity index (χ3n) is 0.524. The minimum atomic E-state index is -3.68. The van der Waals surface area contributed by atoms with Crippen molar-refractivity contribution < 1.29 is 16.8 Å². The summed E-state index contributed by atoms with van der Waals surface area (Å²) >= 11 is 0. The number of rotatable bonds is 4. The zero-order valence-corrected chi connectivity index (χ0v) is 12.5. The third kappa shape index (κ3) is 6.91. The molecule has 0 spiro atoms. The Balaban J connectivity index is 0. The summed E-state index contributed by atoms with van der Waals surface area (Å²) in [5.41, 5.74) is 0. The van der Waals surface area contributed by atoms with Crippen LogP contribution in [0.3, 0.4) is 0 Å². The van der Waals surface area contributed by atoms with Crippen molar-refractivity contribution in [1.29, 1.82) is 0 Å². The van der Waals surface area contributed by atoms with E-state index in [4.69, 9.17) is 0 Å². The van der Waals surface area contributed by atoms with Crippen LogP contribution >= 0.6 is 0 Å². The molecule has 0 amide bonds. The molecular formula is C4H12O4PbS. The fraction of sp³-hybridized carbons (Fsp3) is 1.00. The molecule has 0 aliphatic rings. The van der Waals surface area contributed by atoms with Crippen LogP contribution in [0.2, 0.25) is 0 Å². The van der Waals surface area contributed by atoms with Crippen LogP contribution in [0.25, 0.3) is 0 Å². The molecule has 0 atom stereocenters. The molecule has 0 bridgehead atoms. The molecule has 0 fully saturated rings. The first-order valence-corrected chi connectivity index (χ1v) is 3.99. The Morgan fingerprint density at radius 1 is 1.10 bits per heavy atom. The molecule has 0 unspecified atom stereocenters. The molecule has 6 heteroatoms. The van der Waals surface area contributed by atoms with Gasteiger partial charge in [-0.05, 0) is 13.8 Å². The van der Waals surface area contributed by atoms with Crippen molar-refractivity contribution in [2.24, 2.45) is 0 Å². The second-order valence-electron chi connectivity index (χ2n) is 1.22. The summed E-state index contributed by atoms with van der Waals surface area (Å²) in [6, 6.07) is 0. The van der Waals surface area contributed by atoms with Gasteiger partial charge in [0, 0.05) is 0 Å². The first-order valence-electron chi connectivity index (χ1n) is 2.66. The van der Waals surface area contributed by atoms with Crippen molar-refractivity contribution in [2.75, 3.05) is 13.2 Å². The standard InChI is InChI=1S/C4H10O4S.Pb.2H/c1-3-7-9(5,6)8-4-2;;;/h3-4H2,1-2H3;;;. The molecule has 0 aliphatic carbocycles. The Morgan fingerprint density at radius 2 is 1.40 bits per heavy atom. The van der Waals surface area contributed by atoms with E-state index in [9.17, 15) is 8.42 Å². The summed E-state index contributed by atoms with van der Waals surface area (Å²) in [5, 5.41) is 0. The van der Waals surface area contributed by atoms with Gasteiger partial charge in [0.1, 0.15) is 0 Å². The van der Waals surface area contributed by atoms with Crippen LogP contribution in [0.1, 0.15) is 13.8 Å². The Kier molecular flexibility index (Phi) is 8.70. The van der Waals surface area contributed by atoms with Gasteiger partial charge in [-0.3, -0.25) is 0 Å². The third-order valence-corrected chi connectivity index (χ3v) is 1.57. The molecule has 0 saturated carbocycles. The Hall–Kier alpha value is 0.792. The van der Waals surface area contributed by atoms with E-state index in [1.165, 1.54) is 0 Å². The molecule has 0 rings (SSSR count). The van der Waals surface area contributed by atoms with Gasteiger partial charge in [-0.15, -0.1) is 0 Å². The molecule has 2 radical (unpaired) electrons. The topological polar surface area (TPSA) is 52.6 Å². The van der Waals surface area contributed by atoms with Crippen molar-refractivity contribution in [3.63, 3.8) is 0 Å². The molecule has 0 heterocycles. The van der Waals surface area contributed by atoms with Gasteiger partial charge in [-0.1, -0.05) is 0 Å². The van der Waals surface area contributed by atoms with Crippen LogP contribution in [0, 0.1) is 0 Å². The van der Waals surface area contributed by atoms with Gasteiger partial charge in [-0.25, -0.2) is 8.37 Å². The van der Waals surface area contributed by atoms with Crippen molar-refractivity contribution in [3.8, 4) is 0 Å². The van der Waals surface area contributed by atoms with Crippen molar-refractivity contribution in [1.82, 2.24) is 0 Å². The Morgan fingerprint density at radius 3 is 1.60 bits per heavy atom. The van der Waals surface area contributed by atoms with E-state index < -0.39 is 10.4 Å². The average molecular weight is 363 g/mol. The number of hydrogen-bond acceptors (Lipinski definition) is 4. The molecular weight excluding hydrogens is 351 g/mol.